The lowest BCUT2D eigenvalue weighted by molar-refractivity contribution is -0.137. The average molecular weight is 342 g/mol. The van der Waals surface area contributed by atoms with E-state index in [1.54, 1.807) is 11.8 Å². The lowest BCUT2D eigenvalue weighted by Crippen LogP contribution is -2.14. The lowest BCUT2D eigenvalue weighted by Gasteiger charge is -2.15. The van der Waals surface area contributed by atoms with E-state index in [9.17, 15) is 13.2 Å². The van der Waals surface area contributed by atoms with Crippen LogP contribution in [0.4, 0.5) is 18.9 Å². The van der Waals surface area contributed by atoms with E-state index in [0.29, 0.717) is 16.1 Å². The molecule has 0 spiro atoms. The van der Waals surface area contributed by atoms with Gasteiger partial charge in [-0.1, -0.05) is 6.92 Å². The normalized spacial score (nSPS) is 13.4. The summed E-state index contributed by atoms with van der Waals surface area (Å²) in [5.74, 6) is 1.49. The number of anilines is 1. The molecule has 1 N–H and O–H groups in total. The molecule has 0 heterocycles. The first-order chi connectivity index (χ1) is 8.34. The highest BCUT2D eigenvalue weighted by molar-refractivity contribution is 9.10. The minimum atomic E-state index is -4.30. The van der Waals surface area contributed by atoms with Crippen LogP contribution in [-0.4, -0.2) is 18.6 Å². The summed E-state index contributed by atoms with van der Waals surface area (Å²) in [6.07, 6.45) is -2.27. The molecule has 0 fully saturated rings. The van der Waals surface area contributed by atoms with Crippen LogP contribution in [0, 0.1) is 5.92 Å². The molecule has 0 bridgehead atoms. The highest BCUT2D eigenvalue weighted by atomic mass is 79.9. The highest BCUT2D eigenvalue weighted by Gasteiger charge is 2.30. The monoisotopic (exact) mass is 341 g/mol. The summed E-state index contributed by atoms with van der Waals surface area (Å²) in [5.41, 5.74) is 0.0491. The van der Waals surface area contributed by atoms with Crippen LogP contribution in [0.15, 0.2) is 22.7 Å². The van der Waals surface area contributed by atoms with Gasteiger partial charge in [-0.05, 0) is 52.1 Å². The molecular weight excluding hydrogens is 327 g/mol. The van der Waals surface area contributed by atoms with Crippen LogP contribution < -0.4 is 5.32 Å². The molecule has 18 heavy (non-hydrogen) atoms. The number of nitrogens with one attached hydrogen (secondary N) is 1. The van der Waals surface area contributed by atoms with Gasteiger partial charge in [0.15, 0.2) is 0 Å². The van der Waals surface area contributed by atoms with E-state index >= 15 is 0 Å². The highest BCUT2D eigenvalue weighted by Crippen LogP contribution is 2.33. The van der Waals surface area contributed by atoms with Crippen LogP contribution in [0.1, 0.15) is 12.5 Å². The first-order valence-corrected chi connectivity index (χ1v) is 7.63. The zero-order valence-electron chi connectivity index (χ0n) is 10.1. The Kier molecular flexibility index (Phi) is 5.85. The van der Waals surface area contributed by atoms with Crippen molar-refractivity contribution in [2.24, 2.45) is 5.92 Å². The molecule has 1 unspecified atom stereocenters. The molecule has 0 aromatic heterocycles. The van der Waals surface area contributed by atoms with Gasteiger partial charge in [0.2, 0.25) is 0 Å². The molecular formula is C12H15BrF3NS. The maximum atomic E-state index is 12.5. The van der Waals surface area contributed by atoms with Crippen molar-refractivity contribution in [3.63, 3.8) is 0 Å². The van der Waals surface area contributed by atoms with Crippen molar-refractivity contribution in [2.45, 2.75) is 13.1 Å². The second kappa shape index (κ2) is 6.70. The van der Waals surface area contributed by atoms with Crippen molar-refractivity contribution in [2.75, 3.05) is 23.9 Å². The third-order valence-corrected chi connectivity index (χ3v) is 3.95. The molecule has 0 saturated heterocycles. The number of benzene rings is 1. The van der Waals surface area contributed by atoms with Crippen molar-refractivity contribution in [1.82, 2.24) is 0 Å². The molecule has 1 nitrogen and oxygen atoms in total. The first-order valence-electron chi connectivity index (χ1n) is 5.44. The van der Waals surface area contributed by atoms with E-state index in [1.807, 2.05) is 6.26 Å². The predicted molar refractivity (Wildman–Crippen MR) is 75.2 cm³/mol. The minimum absolute atomic E-state index is 0.439. The number of rotatable bonds is 5. The average Bonchev–Trinajstić information content (AvgIpc) is 2.26. The molecule has 1 rings (SSSR count). The van der Waals surface area contributed by atoms with Gasteiger partial charge in [0.05, 0.1) is 5.56 Å². The SMILES string of the molecule is CSCC(C)CNc1ccc(C(F)(F)F)cc1Br. The number of alkyl halides is 3. The summed E-state index contributed by atoms with van der Waals surface area (Å²) in [7, 11) is 0. The van der Waals surface area contributed by atoms with Crippen LogP contribution in [-0.2, 0) is 6.18 Å². The number of halogens is 4. The van der Waals surface area contributed by atoms with E-state index in [4.69, 9.17) is 0 Å². The fourth-order valence-electron chi connectivity index (χ4n) is 1.46. The largest absolute Gasteiger partial charge is 0.416 e. The van der Waals surface area contributed by atoms with E-state index < -0.39 is 11.7 Å². The Hall–Kier alpha value is -0.360. The summed E-state index contributed by atoms with van der Waals surface area (Å²) in [6.45, 7) is 2.84. The van der Waals surface area contributed by atoms with Crippen molar-refractivity contribution < 1.29 is 13.2 Å². The predicted octanol–water partition coefficient (Wildman–Crippen LogP) is 4.88. The Balaban J connectivity index is 2.69. The maximum Gasteiger partial charge on any atom is 0.416 e. The number of hydrogen-bond donors (Lipinski definition) is 1. The van der Waals surface area contributed by atoms with E-state index in [1.165, 1.54) is 6.07 Å². The van der Waals surface area contributed by atoms with Crippen LogP contribution in [0.5, 0.6) is 0 Å². The van der Waals surface area contributed by atoms with Gasteiger partial charge in [-0.3, -0.25) is 0 Å². The van der Waals surface area contributed by atoms with Gasteiger partial charge in [0, 0.05) is 16.7 Å². The number of thioether (sulfide) groups is 1. The molecule has 1 atom stereocenters. The zero-order chi connectivity index (χ0) is 13.8. The van der Waals surface area contributed by atoms with Gasteiger partial charge in [0.25, 0.3) is 0 Å². The Morgan fingerprint density at radius 2 is 2.06 bits per heavy atom. The molecule has 0 aliphatic carbocycles. The zero-order valence-corrected chi connectivity index (χ0v) is 12.5. The van der Waals surface area contributed by atoms with Gasteiger partial charge in [0.1, 0.15) is 0 Å². The lowest BCUT2D eigenvalue weighted by atomic mass is 10.2. The van der Waals surface area contributed by atoms with E-state index in [0.717, 1.165) is 24.4 Å². The van der Waals surface area contributed by atoms with Crippen molar-refractivity contribution in [1.29, 1.82) is 0 Å². The molecule has 0 saturated carbocycles. The quantitative estimate of drug-likeness (QED) is 0.819. The minimum Gasteiger partial charge on any atom is -0.384 e. The third-order valence-electron chi connectivity index (χ3n) is 2.39. The smallest absolute Gasteiger partial charge is 0.384 e. The molecule has 1 aromatic rings. The molecule has 102 valence electrons. The molecule has 0 radical (unpaired) electrons. The molecule has 0 aliphatic heterocycles. The van der Waals surface area contributed by atoms with Crippen LogP contribution in [0.25, 0.3) is 0 Å². The summed E-state index contributed by atoms with van der Waals surface area (Å²) < 4.78 is 37.8. The molecule has 1 aromatic carbocycles. The fraction of sp³-hybridized carbons (Fsp3) is 0.500. The summed E-state index contributed by atoms with van der Waals surface area (Å²) in [5, 5.41) is 3.15. The Labute approximate surface area is 118 Å². The van der Waals surface area contributed by atoms with Gasteiger partial charge in [-0.25, -0.2) is 0 Å². The Bertz CT molecular complexity index is 395. The standard InChI is InChI=1S/C12H15BrF3NS/c1-8(7-18-2)6-17-11-4-3-9(5-10(11)13)12(14,15)16/h3-5,8,17H,6-7H2,1-2H3. The third kappa shape index (κ3) is 4.72. The van der Waals surface area contributed by atoms with E-state index in [2.05, 4.69) is 28.2 Å². The van der Waals surface area contributed by atoms with E-state index in [-0.39, 0.29) is 0 Å². The van der Waals surface area contributed by atoms with Crippen LogP contribution >= 0.6 is 27.7 Å². The van der Waals surface area contributed by atoms with Crippen LogP contribution in [0.3, 0.4) is 0 Å². The molecule has 0 aliphatic rings. The summed E-state index contributed by atoms with van der Waals surface area (Å²) in [4.78, 5) is 0. The van der Waals surface area contributed by atoms with Crippen molar-refractivity contribution in [3.8, 4) is 0 Å². The summed E-state index contributed by atoms with van der Waals surface area (Å²) in [6, 6.07) is 3.65. The molecule has 0 amide bonds. The first kappa shape index (κ1) is 15.7. The van der Waals surface area contributed by atoms with Gasteiger partial charge in [-0.15, -0.1) is 0 Å². The Morgan fingerprint density at radius 1 is 1.39 bits per heavy atom. The molecule has 6 heteroatoms. The topological polar surface area (TPSA) is 12.0 Å². The van der Waals surface area contributed by atoms with Crippen molar-refractivity contribution >= 4 is 33.4 Å². The number of hydrogen-bond acceptors (Lipinski definition) is 2. The second-order valence-corrected chi connectivity index (χ2v) is 5.90. The van der Waals surface area contributed by atoms with Crippen molar-refractivity contribution in [3.05, 3.63) is 28.2 Å². The maximum absolute atomic E-state index is 12.5. The fourth-order valence-corrected chi connectivity index (χ4v) is 2.67. The van der Waals surface area contributed by atoms with Crippen LogP contribution in [0.2, 0.25) is 0 Å². The van der Waals surface area contributed by atoms with Gasteiger partial charge >= 0.3 is 6.18 Å². The second-order valence-electron chi connectivity index (χ2n) is 4.13. The Morgan fingerprint density at radius 3 is 2.56 bits per heavy atom. The van der Waals surface area contributed by atoms with Gasteiger partial charge < -0.3 is 5.32 Å². The van der Waals surface area contributed by atoms with Gasteiger partial charge in [-0.2, -0.15) is 24.9 Å². The summed E-state index contributed by atoms with van der Waals surface area (Å²) >= 11 is 4.92.